The molecule has 2 N–H and O–H groups in total. The van der Waals surface area contributed by atoms with Crippen LogP contribution >= 0.6 is 11.3 Å². The van der Waals surface area contributed by atoms with Crippen LogP contribution in [0.2, 0.25) is 0 Å². The molecule has 3 rings (SSSR count). The number of carboxylic acid groups (broad SMARTS) is 1. The van der Waals surface area contributed by atoms with Gasteiger partial charge in [-0.2, -0.15) is 0 Å². The molecule has 4 nitrogen and oxygen atoms in total. The summed E-state index contributed by atoms with van der Waals surface area (Å²) in [6.45, 7) is 1.99. The van der Waals surface area contributed by atoms with Crippen LogP contribution in [-0.2, 0) is 10.2 Å². The summed E-state index contributed by atoms with van der Waals surface area (Å²) in [7, 11) is 0. The molecular formula is C12H12N2O2S. The third-order valence-electron chi connectivity index (χ3n) is 3.24. The molecule has 0 bridgehead atoms. The first kappa shape index (κ1) is 10.5. The topological polar surface area (TPSA) is 66.0 Å². The van der Waals surface area contributed by atoms with Gasteiger partial charge in [-0.25, -0.2) is 4.98 Å². The number of aromatic amines is 1. The molecule has 88 valence electrons. The van der Waals surface area contributed by atoms with Crippen molar-refractivity contribution < 1.29 is 9.90 Å². The number of H-pyrrole nitrogens is 1. The van der Waals surface area contributed by atoms with E-state index in [-0.39, 0.29) is 0 Å². The van der Waals surface area contributed by atoms with Gasteiger partial charge in [0.2, 0.25) is 0 Å². The Balaban J connectivity index is 2.05. The van der Waals surface area contributed by atoms with E-state index in [0.717, 1.165) is 21.1 Å². The fourth-order valence-corrected chi connectivity index (χ4v) is 3.16. The maximum atomic E-state index is 11.3. The van der Waals surface area contributed by atoms with E-state index < -0.39 is 11.4 Å². The molecule has 0 aromatic carbocycles. The highest BCUT2D eigenvalue weighted by Crippen LogP contribution is 2.50. The summed E-state index contributed by atoms with van der Waals surface area (Å²) < 4.78 is 0. The number of rotatable bonds is 3. The second kappa shape index (κ2) is 3.43. The van der Waals surface area contributed by atoms with Crippen molar-refractivity contribution in [3.8, 4) is 11.3 Å². The summed E-state index contributed by atoms with van der Waals surface area (Å²) in [5, 5.41) is 10.00. The van der Waals surface area contributed by atoms with Crippen molar-refractivity contribution >= 4 is 17.3 Å². The van der Waals surface area contributed by atoms with Crippen molar-refractivity contribution in [3.05, 3.63) is 28.3 Å². The maximum absolute atomic E-state index is 11.3. The Hall–Kier alpha value is -1.62. The largest absolute Gasteiger partial charge is 0.481 e. The van der Waals surface area contributed by atoms with E-state index in [0.29, 0.717) is 12.8 Å². The fraction of sp³-hybridized carbons (Fsp3) is 0.333. The normalized spacial score (nSPS) is 17.0. The van der Waals surface area contributed by atoms with Crippen LogP contribution in [0.5, 0.6) is 0 Å². The number of aryl methyl sites for hydroxylation is 1. The van der Waals surface area contributed by atoms with Gasteiger partial charge in [0.15, 0.2) is 0 Å². The fourth-order valence-electron chi connectivity index (χ4n) is 1.98. The molecular weight excluding hydrogens is 236 g/mol. The van der Waals surface area contributed by atoms with Gasteiger partial charge in [0.25, 0.3) is 0 Å². The first-order valence-electron chi connectivity index (χ1n) is 5.48. The van der Waals surface area contributed by atoms with E-state index >= 15 is 0 Å². The zero-order valence-corrected chi connectivity index (χ0v) is 10.2. The van der Waals surface area contributed by atoms with Crippen LogP contribution < -0.4 is 0 Å². The molecule has 1 fully saturated rings. The SMILES string of the molecule is Cc1sc(C2(C(=O)O)CC2)nc1-c1cc[nH]c1. The lowest BCUT2D eigenvalue weighted by Gasteiger charge is -2.03. The Kier molecular flexibility index (Phi) is 2.13. The Morgan fingerprint density at radius 1 is 1.59 bits per heavy atom. The van der Waals surface area contributed by atoms with Crippen molar-refractivity contribution in [1.82, 2.24) is 9.97 Å². The van der Waals surface area contributed by atoms with Crippen molar-refractivity contribution in [2.75, 3.05) is 0 Å². The van der Waals surface area contributed by atoms with E-state index in [1.54, 1.807) is 0 Å². The Morgan fingerprint density at radius 2 is 2.35 bits per heavy atom. The van der Waals surface area contributed by atoms with E-state index in [2.05, 4.69) is 9.97 Å². The molecule has 17 heavy (non-hydrogen) atoms. The van der Waals surface area contributed by atoms with Gasteiger partial charge in [-0.05, 0) is 25.8 Å². The summed E-state index contributed by atoms with van der Waals surface area (Å²) in [4.78, 5) is 19.8. The lowest BCUT2D eigenvalue weighted by Crippen LogP contribution is -2.19. The van der Waals surface area contributed by atoms with Gasteiger partial charge < -0.3 is 10.1 Å². The quantitative estimate of drug-likeness (QED) is 0.877. The third kappa shape index (κ3) is 1.50. The zero-order chi connectivity index (χ0) is 12.0. The predicted octanol–water partition coefficient (Wildman–Crippen LogP) is 2.56. The summed E-state index contributed by atoms with van der Waals surface area (Å²) >= 11 is 1.50. The summed E-state index contributed by atoms with van der Waals surface area (Å²) in [6.07, 6.45) is 5.15. The summed E-state index contributed by atoms with van der Waals surface area (Å²) in [6, 6.07) is 1.95. The average molecular weight is 248 g/mol. The molecule has 0 radical (unpaired) electrons. The van der Waals surface area contributed by atoms with E-state index in [1.807, 2.05) is 25.4 Å². The van der Waals surface area contributed by atoms with Crippen LogP contribution in [-0.4, -0.2) is 21.0 Å². The molecule has 2 heterocycles. The predicted molar refractivity (Wildman–Crippen MR) is 65.2 cm³/mol. The van der Waals surface area contributed by atoms with Crippen LogP contribution in [0.15, 0.2) is 18.5 Å². The molecule has 1 aliphatic rings. The van der Waals surface area contributed by atoms with E-state index in [1.165, 1.54) is 11.3 Å². The number of hydrogen-bond donors (Lipinski definition) is 2. The standard InChI is InChI=1S/C12H12N2O2S/c1-7-9(8-2-5-13-6-8)14-10(17-7)12(3-4-12)11(15)16/h2,5-6,13H,3-4H2,1H3,(H,15,16). The Labute approximate surface area is 102 Å². The minimum Gasteiger partial charge on any atom is -0.481 e. The van der Waals surface area contributed by atoms with Crippen molar-refractivity contribution in [3.63, 3.8) is 0 Å². The van der Waals surface area contributed by atoms with Crippen molar-refractivity contribution in [1.29, 1.82) is 0 Å². The highest BCUT2D eigenvalue weighted by Gasteiger charge is 2.54. The minimum absolute atomic E-state index is 0.690. The van der Waals surface area contributed by atoms with Crippen LogP contribution in [0.1, 0.15) is 22.7 Å². The van der Waals surface area contributed by atoms with Crippen LogP contribution in [0.25, 0.3) is 11.3 Å². The Morgan fingerprint density at radius 3 is 2.88 bits per heavy atom. The summed E-state index contributed by atoms with van der Waals surface area (Å²) in [5.74, 6) is -0.744. The van der Waals surface area contributed by atoms with Gasteiger partial charge in [-0.1, -0.05) is 0 Å². The van der Waals surface area contributed by atoms with Gasteiger partial charge >= 0.3 is 5.97 Å². The number of nitrogens with one attached hydrogen (secondary N) is 1. The Bertz CT molecular complexity index is 567. The second-order valence-corrected chi connectivity index (χ2v) is 5.61. The first-order chi connectivity index (χ1) is 8.13. The van der Waals surface area contributed by atoms with Gasteiger partial charge in [0.05, 0.1) is 5.69 Å². The number of aromatic nitrogens is 2. The minimum atomic E-state index is -0.744. The molecule has 1 aliphatic carbocycles. The molecule has 0 atom stereocenters. The van der Waals surface area contributed by atoms with Crippen molar-refractivity contribution in [2.45, 2.75) is 25.2 Å². The van der Waals surface area contributed by atoms with Crippen LogP contribution in [0.3, 0.4) is 0 Å². The van der Waals surface area contributed by atoms with Gasteiger partial charge in [-0.3, -0.25) is 4.79 Å². The average Bonchev–Trinajstić information content (AvgIpc) is 2.76. The lowest BCUT2D eigenvalue weighted by atomic mass is 10.1. The van der Waals surface area contributed by atoms with E-state index in [4.69, 9.17) is 0 Å². The molecule has 0 spiro atoms. The monoisotopic (exact) mass is 248 g/mol. The number of carbonyl (C=O) groups is 1. The van der Waals surface area contributed by atoms with E-state index in [9.17, 15) is 9.90 Å². The zero-order valence-electron chi connectivity index (χ0n) is 9.36. The first-order valence-corrected chi connectivity index (χ1v) is 6.29. The van der Waals surface area contributed by atoms with Crippen LogP contribution in [0.4, 0.5) is 0 Å². The highest BCUT2D eigenvalue weighted by molar-refractivity contribution is 7.12. The van der Waals surface area contributed by atoms with Gasteiger partial charge in [0, 0.05) is 22.8 Å². The molecule has 0 unspecified atom stereocenters. The number of carboxylic acids is 1. The number of aliphatic carboxylic acids is 1. The highest BCUT2D eigenvalue weighted by atomic mass is 32.1. The third-order valence-corrected chi connectivity index (χ3v) is 4.41. The van der Waals surface area contributed by atoms with Gasteiger partial charge in [0.1, 0.15) is 10.4 Å². The number of hydrogen-bond acceptors (Lipinski definition) is 3. The second-order valence-electron chi connectivity index (χ2n) is 4.41. The van der Waals surface area contributed by atoms with Crippen molar-refractivity contribution in [2.24, 2.45) is 0 Å². The lowest BCUT2D eigenvalue weighted by molar-refractivity contribution is -0.140. The smallest absolute Gasteiger partial charge is 0.316 e. The molecule has 1 saturated carbocycles. The molecule has 2 aromatic heterocycles. The molecule has 0 aliphatic heterocycles. The molecule has 2 aromatic rings. The number of thiazole rings is 1. The molecule has 0 amide bonds. The molecule has 5 heteroatoms. The number of nitrogens with zero attached hydrogens (tertiary/aromatic N) is 1. The summed E-state index contributed by atoms with van der Waals surface area (Å²) in [5.41, 5.74) is 1.23. The van der Waals surface area contributed by atoms with Crippen LogP contribution in [0, 0.1) is 6.92 Å². The molecule has 0 saturated heterocycles. The maximum Gasteiger partial charge on any atom is 0.316 e. The van der Waals surface area contributed by atoms with Gasteiger partial charge in [-0.15, -0.1) is 11.3 Å².